The molecule has 1 aromatic rings. The number of halogens is 1. The molecule has 0 aliphatic carbocycles. The first kappa shape index (κ1) is 24.5. The number of para-hydroxylation sites is 1. The third kappa shape index (κ3) is 10.9. The van der Waals surface area contributed by atoms with E-state index in [4.69, 9.17) is 4.74 Å². The smallest absolute Gasteiger partial charge is 0.137 e. The number of unbranched alkanes of at least 4 members (excludes halogenated alkanes) is 5. The number of nitrogens with zero attached hydrogens (tertiary/aromatic N) is 1. The number of ether oxygens (including phenoxy) is 1. The van der Waals surface area contributed by atoms with Crippen LogP contribution in [0.25, 0.3) is 0 Å². The fraction of sp³-hybridized carbons (Fsp3) is 0.727. The summed E-state index contributed by atoms with van der Waals surface area (Å²) in [5.74, 6) is 0.988. The van der Waals surface area contributed by atoms with Gasteiger partial charge < -0.3 is 26.2 Å². The highest BCUT2D eigenvalue weighted by molar-refractivity contribution is 5.20. The van der Waals surface area contributed by atoms with Crippen LogP contribution in [0, 0.1) is 0 Å². The largest absolute Gasteiger partial charge is 1.00 e. The van der Waals surface area contributed by atoms with E-state index in [9.17, 15) is 0 Å². The van der Waals surface area contributed by atoms with Crippen LogP contribution in [0.3, 0.4) is 0 Å². The molecule has 0 N–H and O–H groups in total. The van der Waals surface area contributed by atoms with Gasteiger partial charge >= 0.3 is 0 Å². The van der Waals surface area contributed by atoms with E-state index in [2.05, 4.69) is 27.9 Å². The molecule has 0 bridgehead atoms. The third-order valence-electron chi connectivity index (χ3n) is 5.20. The van der Waals surface area contributed by atoms with Gasteiger partial charge in [-0.15, -0.1) is 0 Å². The molecular formula is C22H40BrNO. The summed E-state index contributed by atoms with van der Waals surface area (Å²) in [6.45, 7) is 6.47. The molecule has 0 saturated carbocycles. The molecule has 0 aliphatic rings. The SMILES string of the molecule is CCCCCCCC(CCCC)[N+](C)(C)CCOc1ccccc1.[Br-]. The minimum Gasteiger partial charge on any atom is -1.00 e. The van der Waals surface area contributed by atoms with Gasteiger partial charge in [0.05, 0.1) is 20.1 Å². The van der Waals surface area contributed by atoms with Crippen LogP contribution in [-0.4, -0.2) is 37.8 Å². The normalized spacial score (nSPS) is 12.5. The van der Waals surface area contributed by atoms with Crippen molar-refractivity contribution in [2.75, 3.05) is 27.2 Å². The number of quaternary nitrogens is 1. The van der Waals surface area contributed by atoms with Gasteiger partial charge in [0, 0.05) is 0 Å². The van der Waals surface area contributed by atoms with Crippen LogP contribution < -0.4 is 21.7 Å². The Hall–Kier alpha value is -0.540. The fourth-order valence-electron chi connectivity index (χ4n) is 3.36. The maximum atomic E-state index is 5.94. The Kier molecular flexibility index (Phi) is 14.3. The van der Waals surface area contributed by atoms with Crippen molar-refractivity contribution in [2.45, 2.75) is 77.7 Å². The molecule has 0 heterocycles. The van der Waals surface area contributed by atoms with E-state index in [1.807, 2.05) is 30.3 Å². The molecule has 1 aromatic carbocycles. The molecule has 146 valence electrons. The van der Waals surface area contributed by atoms with E-state index in [0.29, 0.717) is 0 Å². The Morgan fingerprint density at radius 2 is 1.44 bits per heavy atom. The zero-order valence-corrected chi connectivity index (χ0v) is 18.6. The summed E-state index contributed by atoms with van der Waals surface area (Å²) < 4.78 is 7.02. The summed E-state index contributed by atoms with van der Waals surface area (Å²) in [6, 6.07) is 11.0. The number of rotatable bonds is 14. The van der Waals surface area contributed by atoms with Gasteiger partial charge in [-0.3, -0.25) is 0 Å². The van der Waals surface area contributed by atoms with E-state index in [1.54, 1.807) is 0 Å². The molecule has 3 heteroatoms. The van der Waals surface area contributed by atoms with Gasteiger partial charge in [0.25, 0.3) is 0 Å². The lowest BCUT2D eigenvalue weighted by atomic mass is 9.99. The highest BCUT2D eigenvalue weighted by atomic mass is 79.9. The molecule has 0 saturated heterocycles. The van der Waals surface area contributed by atoms with E-state index in [-0.39, 0.29) is 17.0 Å². The lowest BCUT2D eigenvalue weighted by Crippen LogP contribution is -3.00. The minimum absolute atomic E-state index is 0. The lowest BCUT2D eigenvalue weighted by molar-refractivity contribution is -0.915. The molecule has 1 unspecified atom stereocenters. The number of benzene rings is 1. The number of hydrogen-bond acceptors (Lipinski definition) is 1. The average Bonchev–Trinajstić information content (AvgIpc) is 2.58. The van der Waals surface area contributed by atoms with E-state index in [1.165, 1.54) is 57.8 Å². The fourth-order valence-corrected chi connectivity index (χ4v) is 3.36. The molecule has 0 radical (unpaired) electrons. The van der Waals surface area contributed by atoms with Gasteiger partial charge in [-0.25, -0.2) is 0 Å². The minimum atomic E-state index is 0. The van der Waals surface area contributed by atoms with Crippen molar-refractivity contribution in [2.24, 2.45) is 0 Å². The van der Waals surface area contributed by atoms with Crippen molar-refractivity contribution >= 4 is 0 Å². The molecule has 0 fully saturated rings. The summed E-state index contributed by atoms with van der Waals surface area (Å²) in [7, 11) is 4.78. The van der Waals surface area contributed by atoms with Crippen LogP contribution in [0.5, 0.6) is 5.75 Å². The first-order chi connectivity index (χ1) is 11.6. The van der Waals surface area contributed by atoms with E-state index >= 15 is 0 Å². The zero-order chi connectivity index (χ0) is 17.7. The van der Waals surface area contributed by atoms with Gasteiger partial charge in [0.2, 0.25) is 0 Å². The van der Waals surface area contributed by atoms with Crippen LogP contribution in [0.15, 0.2) is 30.3 Å². The van der Waals surface area contributed by atoms with Crippen molar-refractivity contribution in [1.29, 1.82) is 0 Å². The van der Waals surface area contributed by atoms with Crippen molar-refractivity contribution in [3.63, 3.8) is 0 Å². The van der Waals surface area contributed by atoms with E-state index in [0.717, 1.165) is 29.4 Å². The van der Waals surface area contributed by atoms with E-state index < -0.39 is 0 Å². The quantitative estimate of drug-likeness (QED) is 0.336. The van der Waals surface area contributed by atoms with Gasteiger partial charge in [-0.05, 0) is 37.8 Å². The maximum absolute atomic E-state index is 5.94. The Bertz CT molecular complexity index is 408. The number of likely N-dealkylation sites (N-methyl/N-ethyl adjacent to an activating group) is 1. The Morgan fingerprint density at radius 3 is 2.08 bits per heavy atom. The highest BCUT2D eigenvalue weighted by Gasteiger charge is 2.27. The van der Waals surface area contributed by atoms with Crippen LogP contribution >= 0.6 is 0 Å². The Morgan fingerprint density at radius 1 is 0.840 bits per heavy atom. The molecule has 2 nitrogen and oxygen atoms in total. The van der Waals surface area contributed by atoms with Crippen molar-refractivity contribution in [3.8, 4) is 5.75 Å². The molecule has 1 atom stereocenters. The standard InChI is InChI=1S/C22H40NO.BrH/c1-5-7-9-10-12-16-21(15-8-6-2)23(3,4)19-20-24-22-17-13-11-14-18-22;/h11,13-14,17-18,21H,5-10,12,15-16,19-20H2,1-4H3;1H/q+1;/p-1. The van der Waals surface area contributed by atoms with Crippen LogP contribution in [0.4, 0.5) is 0 Å². The molecular weight excluding hydrogens is 374 g/mol. The summed E-state index contributed by atoms with van der Waals surface area (Å²) in [5, 5.41) is 0. The third-order valence-corrected chi connectivity index (χ3v) is 5.20. The zero-order valence-electron chi connectivity index (χ0n) is 17.0. The second kappa shape index (κ2) is 14.6. The average molecular weight is 414 g/mol. The lowest BCUT2D eigenvalue weighted by Gasteiger charge is -2.38. The van der Waals surface area contributed by atoms with Gasteiger partial charge in [0.15, 0.2) is 0 Å². The van der Waals surface area contributed by atoms with Crippen LogP contribution in [0.1, 0.15) is 71.6 Å². The predicted molar refractivity (Wildman–Crippen MR) is 106 cm³/mol. The Labute approximate surface area is 167 Å². The first-order valence-electron chi connectivity index (χ1n) is 10.1. The molecule has 0 spiro atoms. The van der Waals surface area contributed by atoms with Crippen LogP contribution in [-0.2, 0) is 0 Å². The Balaban J connectivity index is 0.00000576. The topological polar surface area (TPSA) is 9.23 Å². The molecule has 0 amide bonds. The van der Waals surface area contributed by atoms with Gasteiger partial charge in [-0.1, -0.05) is 64.2 Å². The monoisotopic (exact) mass is 413 g/mol. The molecule has 0 aliphatic heterocycles. The highest BCUT2D eigenvalue weighted by Crippen LogP contribution is 2.21. The second-order valence-corrected chi connectivity index (χ2v) is 7.66. The predicted octanol–water partition coefficient (Wildman–Crippen LogP) is 3.07. The first-order valence-corrected chi connectivity index (χ1v) is 10.1. The molecule has 0 aromatic heterocycles. The summed E-state index contributed by atoms with van der Waals surface area (Å²) in [4.78, 5) is 0. The van der Waals surface area contributed by atoms with Crippen molar-refractivity contribution in [1.82, 2.24) is 0 Å². The van der Waals surface area contributed by atoms with Gasteiger partial charge in [0.1, 0.15) is 18.9 Å². The summed E-state index contributed by atoms with van der Waals surface area (Å²) in [5.41, 5.74) is 0. The summed E-state index contributed by atoms with van der Waals surface area (Å²) >= 11 is 0. The van der Waals surface area contributed by atoms with Crippen molar-refractivity contribution < 1.29 is 26.2 Å². The van der Waals surface area contributed by atoms with Gasteiger partial charge in [-0.2, -0.15) is 0 Å². The molecule has 1 rings (SSSR count). The maximum Gasteiger partial charge on any atom is 0.137 e. The molecule has 25 heavy (non-hydrogen) atoms. The summed E-state index contributed by atoms with van der Waals surface area (Å²) in [6.07, 6.45) is 12.3. The van der Waals surface area contributed by atoms with Crippen molar-refractivity contribution in [3.05, 3.63) is 30.3 Å². The van der Waals surface area contributed by atoms with Crippen LogP contribution in [0.2, 0.25) is 0 Å². The number of hydrogen-bond donors (Lipinski definition) is 0. The second-order valence-electron chi connectivity index (χ2n) is 7.66.